The van der Waals surface area contributed by atoms with E-state index in [9.17, 15) is 4.79 Å². The molecule has 1 aromatic heterocycles. The Labute approximate surface area is 149 Å². The largest absolute Gasteiger partial charge is 0.322 e. The molecule has 0 atom stereocenters. The van der Waals surface area contributed by atoms with E-state index in [0.717, 1.165) is 16.6 Å². The molecule has 1 amide bonds. The van der Waals surface area contributed by atoms with Gasteiger partial charge in [0.1, 0.15) is 0 Å². The molecular formula is C22H15N3O. The topological polar surface area (TPSA) is 46.9 Å². The average Bonchev–Trinajstić information content (AvgIpc) is 3.21. The average molecular weight is 337 g/mol. The summed E-state index contributed by atoms with van der Waals surface area (Å²) in [7, 11) is 0. The Morgan fingerprint density at radius 2 is 1.65 bits per heavy atom. The van der Waals surface area contributed by atoms with Gasteiger partial charge in [-0.2, -0.15) is 0 Å². The Morgan fingerprint density at radius 3 is 2.46 bits per heavy atom. The van der Waals surface area contributed by atoms with Gasteiger partial charge in [-0.25, -0.2) is 4.98 Å². The first-order valence-electron chi connectivity index (χ1n) is 8.43. The monoisotopic (exact) mass is 337 g/mol. The summed E-state index contributed by atoms with van der Waals surface area (Å²) >= 11 is 0. The van der Waals surface area contributed by atoms with Crippen LogP contribution in [0.2, 0.25) is 0 Å². The molecule has 26 heavy (non-hydrogen) atoms. The molecular weight excluding hydrogens is 322 g/mol. The van der Waals surface area contributed by atoms with Crippen LogP contribution >= 0.6 is 0 Å². The second-order valence-electron chi connectivity index (χ2n) is 6.28. The number of hydrogen-bond donors (Lipinski definition) is 1. The van der Waals surface area contributed by atoms with Crippen molar-refractivity contribution in [3.8, 4) is 5.69 Å². The van der Waals surface area contributed by atoms with E-state index in [-0.39, 0.29) is 5.91 Å². The molecule has 0 saturated carbocycles. The van der Waals surface area contributed by atoms with E-state index in [1.807, 2.05) is 65.4 Å². The quantitative estimate of drug-likeness (QED) is 0.541. The zero-order valence-corrected chi connectivity index (χ0v) is 13.9. The molecule has 4 heteroatoms. The molecule has 1 N–H and O–H groups in total. The summed E-state index contributed by atoms with van der Waals surface area (Å²) in [4.78, 5) is 16.7. The number of carbonyl (C=O) groups is 1. The van der Waals surface area contributed by atoms with Crippen molar-refractivity contribution in [2.24, 2.45) is 0 Å². The molecule has 0 aliphatic heterocycles. The number of anilines is 1. The van der Waals surface area contributed by atoms with Gasteiger partial charge in [-0.1, -0.05) is 36.4 Å². The van der Waals surface area contributed by atoms with Crippen molar-refractivity contribution in [1.82, 2.24) is 9.55 Å². The second-order valence-corrected chi connectivity index (χ2v) is 6.28. The highest BCUT2D eigenvalue weighted by Crippen LogP contribution is 2.18. The third kappa shape index (κ3) is 2.31. The number of benzene rings is 3. The zero-order chi connectivity index (χ0) is 17.5. The van der Waals surface area contributed by atoms with E-state index in [1.54, 1.807) is 12.5 Å². The molecule has 0 saturated heterocycles. The number of carbonyl (C=O) groups excluding carboxylic acids is 1. The van der Waals surface area contributed by atoms with Crippen molar-refractivity contribution >= 4 is 11.6 Å². The highest BCUT2D eigenvalue weighted by molar-refractivity contribution is 6.04. The first-order chi connectivity index (χ1) is 12.8. The van der Waals surface area contributed by atoms with Crippen LogP contribution in [0.15, 0.2) is 85.5 Å². The van der Waals surface area contributed by atoms with E-state index < -0.39 is 0 Å². The number of hydrogen-bond acceptors (Lipinski definition) is 2. The van der Waals surface area contributed by atoms with E-state index in [1.165, 1.54) is 15.7 Å². The number of imidazole rings is 1. The van der Waals surface area contributed by atoms with Crippen LogP contribution in [0.4, 0.5) is 5.69 Å². The predicted octanol–water partition coefficient (Wildman–Crippen LogP) is 4.01. The fraction of sp³-hybridized carbons (Fsp3) is 0. The van der Waals surface area contributed by atoms with Gasteiger partial charge >= 0.3 is 0 Å². The second kappa shape index (κ2) is 5.70. The predicted molar refractivity (Wildman–Crippen MR) is 99.7 cm³/mol. The van der Waals surface area contributed by atoms with Gasteiger partial charge < -0.3 is 9.88 Å². The highest BCUT2D eigenvalue weighted by atomic mass is 16.1. The zero-order valence-electron chi connectivity index (χ0n) is 13.9. The first-order valence-corrected chi connectivity index (χ1v) is 8.43. The number of rotatable bonds is 3. The third-order valence-electron chi connectivity index (χ3n) is 4.70. The maximum Gasteiger partial charge on any atom is 0.255 e. The van der Waals surface area contributed by atoms with Crippen LogP contribution < -0.4 is 5.32 Å². The minimum absolute atomic E-state index is 0.111. The molecule has 0 spiro atoms. The Bertz CT molecular complexity index is 1320. The Hall–Kier alpha value is -3.66. The summed E-state index contributed by atoms with van der Waals surface area (Å²) in [5.74, 6) is -0.111. The van der Waals surface area contributed by atoms with Crippen LogP contribution in [-0.2, 0) is 0 Å². The fourth-order valence-electron chi connectivity index (χ4n) is 3.39. The highest BCUT2D eigenvalue weighted by Gasteiger charge is 2.09. The van der Waals surface area contributed by atoms with Gasteiger partial charge in [0.15, 0.2) is 0 Å². The lowest BCUT2D eigenvalue weighted by Gasteiger charge is -2.10. The number of fused-ring (bicyclic) bond motifs is 2. The van der Waals surface area contributed by atoms with Crippen LogP contribution in [-0.4, -0.2) is 15.5 Å². The van der Waals surface area contributed by atoms with Gasteiger partial charge in [0.2, 0.25) is 0 Å². The van der Waals surface area contributed by atoms with Gasteiger partial charge in [0.25, 0.3) is 5.91 Å². The Balaban J connectivity index is 1.46. The molecule has 0 fully saturated rings. The first kappa shape index (κ1) is 14.7. The standard InChI is InChI=1S/C22H15N3O/c26-22(24-16-4-3-5-17(13-16)25-11-10-23-14-25)15-8-9-20-18-6-1-2-7-19(18)21(20)12-15/h1-14H,(H,24,26). The lowest BCUT2D eigenvalue weighted by Crippen LogP contribution is -2.12. The summed E-state index contributed by atoms with van der Waals surface area (Å²) in [6, 6.07) is 21.8. The molecule has 0 radical (unpaired) electrons. The molecule has 1 aliphatic rings. The van der Waals surface area contributed by atoms with Gasteiger partial charge in [0.05, 0.1) is 6.33 Å². The molecule has 5 rings (SSSR count). The maximum atomic E-state index is 12.7. The smallest absolute Gasteiger partial charge is 0.255 e. The van der Waals surface area contributed by atoms with Gasteiger partial charge in [0, 0.05) is 29.3 Å². The normalized spacial score (nSPS) is 11.2. The van der Waals surface area contributed by atoms with Crippen molar-refractivity contribution in [2.45, 2.75) is 0 Å². The Morgan fingerprint density at radius 1 is 0.846 bits per heavy atom. The van der Waals surface area contributed by atoms with E-state index in [4.69, 9.17) is 0 Å². The summed E-state index contributed by atoms with van der Waals surface area (Å²) in [5, 5.41) is 7.79. The fourth-order valence-corrected chi connectivity index (χ4v) is 3.39. The molecule has 0 unspecified atom stereocenters. The molecule has 4 nitrogen and oxygen atoms in total. The summed E-state index contributed by atoms with van der Waals surface area (Å²) in [6.45, 7) is 0. The van der Waals surface area contributed by atoms with Gasteiger partial charge in [-0.3, -0.25) is 4.79 Å². The van der Waals surface area contributed by atoms with Gasteiger partial charge in [-0.05, 0) is 51.2 Å². The summed E-state index contributed by atoms with van der Waals surface area (Å²) in [6.07, 6.45) is 5.33. The lowest BCUT2D eigenvalue weighted by atomic mass is 9.99. The SMILES string of the molecule is O=C(Nc1cccc(-n2ccnc2)c1)c1ccc2c(c1)=c1ccccc1=2. The van der Waals surface area contributed by atoms with Crippen LogP contribution in [0.5, 0.6) is 0 Å². The lowest BCUT2D eigenvalue weighted by molar-refractivity contribution is 0.102. The molecule has 3 aromatic carbocycles. The van der Waals surface area contributed by atoms with E-state index >= 15 is 0 Å². The number of aromatic nitrogens is 2. The van der Waals surface area contributed by atoms with Crippen LogP contribution in [0, 0.1) is 20.9 Å². The minimum atomic E-state index is -0.111. The van der Waals surface area contributed by atoms with Crippen LogP contribution in [0.25, 0.3) is 5.69 Å². The Kier molecular flexibility index (Phi) is 3.22. The van der Waals surface area contributed by atoms with E-state index in [2.05, 4.69) is 22.4 Å². The van der Waals surface area contributed by atoms with Crippen molar-refractivity contribution in [1.29, 1.82) is 0 Å². The molecule has 1 aliphatic carbocycles. The van der Waals surface area contributed by atoms with Crippen LogP contribution in [0.3, 0.4) is 0 Å². The maximum absolute atomic E-state index is 12.7. The van der Waals surface area contributed by atoms with Crippen molar-refractivity contribution in [3.63, 3.8) is 0 Å². The molecule has 1 heterocycles. The molecule has 4 aromatic rings. The number of nitrogens with zero attached hydrogens (tertiary/aromatic N) is 2. The molecule has 0 bridgehead atoms. The number of nitrogens with one attached hydrogen (secondary N) is 1. The van der Waals surface area contributed by atoms with E-state index in [0.29, 0.717) is 5.56 Å². The van der Waals surface area contributed by atoms with Gasteiger partial charge in [-0.15, -0.1) is 0 Å². The van der Waals surface area contributed by atoms with Crippen molar-refractivity contribution in [2.75, 3.05) is 5.32 Å². The van der Waals surface area contributed by atoms with Crippen LogP contribution in [0.1, 0.15) is 10.4 Å². The summed E-state index contributed by atoms with van der Waals surface area (Å²) in [5.41, 5.74) is 2.36. The summed E-state index contributed by atoms with van der Waals surface area (Å²) < 4.78 is 1.90. The molecule has 124 valence electrons. The van der Waals surface area contributed by atoms with Crippen molar-refractivity contribution in [3.05, 3.63) is 112 Å². The third-order valence-corrected chi connectivity index (χ3v) is 4.70. The van der Waals surface area contributed by atoms with Crippen molar-refractivity contribution < 1.29 is 4.79 Å². The number of amides is 1. The minimum Gasteiger partial charge on any atom is -0.322 e.